The maximum atomic E-state index is 11.4. The van der Waals surface area contributed by atoms with Crippen molar-refractivity contribution in [2.24, 2.45) is 0 Å². The van der Waals surface area contributed by atoms with Crippen LogP contribution in [0.3, 0.4) is 0 Å². The number of amides is 1. The molecule has 0 bridgehead atoms. The molecule has 1 aromatic carbocycles. The van der Waals surface area contributed by atoms with Crippen molar-refractivity contribution < 1.29 is 18.7 Å². The zero-order valence-electron chi connectivity index (χ0n) is 17.8. The van der Waals surface area contributed by atoms with E-state index in [1.54, 1.807) is 24.6 Å². The van der Waals surface area contributed by atoms with E-state index >= 15 is 0 Å². The number of aromatic nitrogens is 2. The van der Waals surface area contributed by atoms with Crippen LogP contribution in [0, 0.1) is 18.3 Å². The van der Waals surface area contributed by atoms with Crippen molar-refractivity contribution in [3.8, 4) is 29.2 Å². The van der Waals surface area contributed by atoms with E-state index in [-0.39, 0.29) is 18.1 Å². The summed E-state index contributed by atoms with van der Waals surface area (Å²) in [6, 6.07) is 5.87. The Bertz CT molecular complexity index is 1160. The molecule has 1 saturated heterocycles. The summed E-state index contributed by atoms with van der Waals surface area (Å²) in [5, 5.41) is 14.1. The highest BCUT2D eigenvalue weighted by atomic mass is 16.5. The first-order chi connectivity index (χ1) is 14.9. The third-order valence-corrected chi connectivity index (χ3v) is 5.07. The molecule has 1 fully saturated rings. The van der Waals surface area contributed by atoms with Crippen molar-refractivity contribution in [1.82, 2.24) is 15.3 Å². The molecule has 0 spiro atoms. The van der Waals surface area contributed by atoms with Crippen molar-refractivity contribution in [3.05, 3.63) is 35.9 Å². The van der Waals surface area contributed by atoms with Gasteiger partial charge in [0.25, 0.3) is 0 Å². The van der Waals surface area contributed by atoms with Gasteiger partial charge in [-0.3, -0.25) is 4.79 Å². The average Bonchev–Trinajstić information content (AvgIpc) is 3.35. The topological polar surface area (TPSA) is 110 Å². The second kappa shape index (κ2) is 8.64. The first-order valence-corrected chi connectivity index (χ1v) is 10.3. The molecule has 1 N–H and O–H groups in total. The summed E-state index contributed by atoms with van der Waals surface area (Å²) in [7, 11) is 0. The first kappa shape index (κ1) is 20.7. The third-order valence-electron chi connectivity index (χ3n) is 5.07. The Labute approximate surface area is 180 Å². The molecule has 1 aliphatic heterocycles. The first-order valence-electron chi connectivity index (χ1n) is 10.3. The number of hydrogen-bond donors (Lipinski definition) is 1. The monoisotopic (exact) mass is 420 g/mol. The SMILES string of the molecule is Cc1coc(-c2cnc(OCC[C@@H]3CCC(=O)N3)c3cc(OC(C)C)c(C#N)cc23)n1. The van der Waals surface area contributed by atoms with E-state index in [1.807, 2.05) is 20.8 Å². The molecule has 1 amide bonds. The highest BCUT2D eigenvalue weighted by Gasteiger charge is 2.21. The molecular formula is C23H24N4O4. The van der Waals surface area contributed by atoms with E-state index in [0.717, 1.165) is 17.5 Å². The van der Waals surface area contributed by atoms with Crippen LogP contribution in [0.15, 0.2) is 29.0 Å². The normalized spacial score (nSPS) is 15.8. The number of fused-ring (bicyclic) bond motifs is 1. The van der Waals surface area contributed by atoms with Crippen LogP contribution in [-0.4, -0.2) is 34.6 Å². The fraction of sp³-hybridized carbons (Fsp3) is 0.391. The Hall–Kier alpha value is -3.60. The van der Waals surface area contributed by atoms with Crippen LogP contribution in [0.25, 0.3) is 22.2 Å². The van der Waals surface area contributed by atoms with Gasteiger partial charge in [0.2, 0.25) is 17.7 Å². The van der Waals surface area contributed by atoms with Gasteiger partial charge in [0.1, 0.15) is 18.1 Å². The third kappa shape index (κ3) is 4.45. The summed E-state index contributed by atoms with van der Waals surface area (Å²) in [5.74, 6) is 1.42. The summed E-state index contributed by atoms with van der Waals surface area (Å²) < 4.78 is 17.4. The maximum absolute atomic E-state index is 11.4. The lowest BCUT2D eigenvalue weighted by molar-refractivity contribution is -0.119. The van der Waals surface area contributed by atoms with E-state index in [2.05, 4.69) is 21.4 Å². The van der Waals surface area contributed by atoms with Gasteiger partial charge in [-0.1, -0.05) is 0 Å². The Morgan fingerprint density at radius 2 is 2.19 bits per heavy atom. The Kier molecular flexibility index (Phi) is 5.76. The molecule has 3 aromatic rings. The molecule has 4 rings (SSSR count). The summed E-state index contributed by atoms with van der Waals surface area (Å²) in [4.78, 5) is 20.3. The number of rotatable bonds is 7. The molecule has 31 heavy (non-hydrogen) atoms. The minimum Gasteiger partial charge on any atom is -0.490 e. The van der Waals surface area contributed by atoms with Crippen LogP contribution < -0.4 is 14.8 Å². The van der Waals surface area contributed by atoms with Gasteiger partial charge in [0, 0.05) is 35.9 Å². The van der Waals surface area contributed by atoms with Crippen LogP contribution in [-0.2, 0) is 4.79 Å². The number of carbonyl (C=O) groups is 1. The number of benzene rings is 1. The fourth-order valence-electron chi connectivity index (χ4n) is 3.64. The minimum atomic E-state index is -0.0922. The van der Waals surface area contributed by atoms with Crippen LogP contribution in [0.1, 0.15) is 44.4 Å². The predicted molar refractivity (Wildman–Crippen MR) is 114 cm³/mol. The van der Waals surface area contributed by atoms with Gasteiger partial charge in [-0.05, 0) is 39.3 Å². The van der Waals surface area contributed by atoms with Gasteiger partial charge in [0.15, 0.2) is 0 Å². The van der Waals surface area contributed by atoms with Gasteiger partial charge < -0.3 is 19.2 Å². The highest BCUT2D eigenvalue weighted by Crippen LogP contribution is 2.37. The number of oxazole rings is 1. The van der Waals surface area contributed by atoms with Crippen molar-refractivity contribution in [1.29, 1.82) is 5.26 Å². The lowest BCUT2D eigenvalue weighted by Gasteiger charge is -2.16. The van der Waals surface area contributed by atoms with Gasteiger partial charge in [-0.15, -0.1) is 0 Å². The van der Waals surface area contributed by atoms with E-state index < -0.39 is 0 Å². The molecule has 1 aliphatic rings. The number of pyridine rings is 1. The second-order valence-corrected chi connectivity index (χ2v) is 7.88. The summed E-state index contributed by atoms with van der Waals surface area (Å²) in [6.45, 7) is 6.06. The predicted octanol–water partition coefficient (Wildman–Crippen LogP) is 3.90. The Balaban J connectivity index is 1.72. The number of nitrogens with zero attached hydrogens (tertiary/aromatic N) is 3. The zero-order valence-corrected chi connectivity index (χ0v) is 17.8. The zero-order chi connectivity index (χ0) is 22.0. The molecule has 1 atom stereocenters. The van der Waals surface area contributed by atoms with E-state index in [0.29, 0.717) is 53.5 Å². The van der Waals surface area contributed by atoms with Crippen molar-refractivity contribution in [2.45, 2.75) is 52.2 Å². The summed E-state index contributed by atoms with van der Waals surface area (Å²) in [6.07, 6.45) is 5.19. The highest BCUT2D eigenvalue weighted by molar-refractivity contribution is 5.99. The second-order valence-electron chi connectivity index (χ2n) is 7.88. The largest absolute Gasteiger partial charge is 0.490 e. The number of carbonyl (C=O) groups excluding carboxylic acids is 1. The standard InChI is InChI=1S/C23H24N4O4/c1-13(2)31-20-9-18-17(8-15(20)10-24)19(23-26-14(3)12-30-23)11-25-22(18)29-7-6-16-4-5-21(28)27-16/h8-9,11-13,16H,4-7H2,1-3H3,(H,27,28)/t16-/m0/s1. The van der Waals surface area contributed by atoms with Gasteiger partial charge in [-0.25, -0.2) is 9.97 Å². The number of hydrogen-bond acceptors (Lipinski definition) is 7. The minimum absolute atomic E-state index is 0.0821. The lowest BCUT2D eigenvalue weighted by atomic mass is 10.0. The molecular weight excluding hydrogens is 396 g/mol. The summed E-state index contributed by atoms with van der Waals surface area (Å²) >= 11 is 0. The van der Waals surface area contributed by atoms with Crippen LogP contribution >= 0.6 is 0 Å². The van der Waals surface area contributed by atoms with E-state index in [9.17, 15) is 10.1 Å². The number of nitrogens with one attached hydrogen (secondary N) is 1. The number of ether oxygens (including phenoxy) is 2. The molecule has 2 aromatic heterocycles. The van der Waals surface area contributed by atoms with Crippen molar-refractivity contribution in [3.63, 3.8) is 0 Å². The van der Waals surface area contributed by atoms with Crippen molar-refractivity contribution in [2.75, 3.05) is 6.61 Å². The van der Waals surface area contributed by atoms with Crippen LogP contribution in [0.5, 0.6) is 11.6 Å². The average molecular weight is 420 g/mol. The van der Waals surface area contributed by atoms with Crippen LogP contribution in [0.4, 0.5) is 0 Å². The molecule has 3 heterocycles. The van der Waals surface area contributed by atoms with Gasteiger partial charge in [-0.2, -0.15) is 5.26 Å². The quantitative estimate of drug-likeness (QED) is 0.617. The summed E-state index contributed by atoms with van der Waals surface area (Å²) in [5.41, 5.74) is 1.84. The Morgan fingerprint density at radius 3 is 2.84 bits per heavy atom. The van der Waals surface area contributed by atoms with E-state index in [4.69, 9.17) is 13.9 Å². The molecule has 8 nitrogen and oxygen atoms in total. The van der Waals surface area contributed by atoms with Gasteiger partial charge in [0.05, 0.1) is 29.5 Å². The smallest absolute Gasteiger partial charge is 0.228 e. The molecule has 0 aliphatic carbocycles. The van der Waals surface area contributed by atoms with E-state index in [1.165, 1.54) is 0 Å². The number of nitriles is 1. The Morgan fingerprint density at radius 1 is 1.35 bits per heavy atom. The molecule has 8 heteroatoms. The molecule has 0 saturated carbocycles. The van der Waals surface area contributed by atoms with Crippen molar-refractivity contribution >= 4 is 16.7 Å². The fourth-order valence-corrected chi connectivity index (χ4v) is 3.64. The molecule has 0 unspecified atom stereocenters. The van der Waals surface area contributed by atoms with Crippen LogP contribution in [0.2, 0.25) is 0 Å². The maximum Gasteiger partial charge on any atom is 0.228 e. The molecule has 0 radical (unpaired) electrons. The number of aryl methyl sites for hydroxylation is 1. The lowest BCUT2D eigenvalue weighted by Crippen LogP contribution is -2.26. The van der Waals surface area contributed by atoms with Gasteiger partial charge >= 0.3 is 0 Å². The molecule has 160 valence electrons.